The molecule has 5 nitrogen and oxygen atoms in total. The van der Waals surface area contributed by atoms with Crippen molar-refractivity contribution >= 4 is 5.82 Å². The van der Waals surface area contributed by atoms with Crippen LogP contribution < -0.4 is 11.5 Å². The highest BCUT2D eigenvalue weighted by Crippen LogP contribution is 2.16. The molecular weight excluding hydrogens is 202 g/mol. The quantitative estimate of drug-likeness (QED) is 0.786. The zero-order valence-corrected chi connectivity index (χ0v) is 8.74. The lowest BCUT2D eigenvalue weighted by atomic mass is 10.0. The number of hydrogen-bond acceptors (Lipinski definition) is 5. The monoisotopic (exact) mass is 215 g/mol. The Morgan fingerprint density at radius 3 is 2.75 bits per heavy atom. The molecular formula is C11H13N5. The van der Waals surface area contributed by atoms with Crippen molar-refractivity contribution in [2.45, 2.75) is 12.5 Å². The van der Waals surface area contributed by atoms with Crippen LogP contribution in [0.15, 0.2) is 36.9 Å². The van der Waals surface area contributed by atoms with Crippen LogP contribution >= 0.6 is 0 Å². The predicted molar refractivity (Wildman–Crippen MR) is 61.3 cm³/mol. The first-order chi connectivity index (χ1) is 7.77. The van der Waals surface area contributed by atoms with Crippen LogP contribution in [0.2, 0.25) is 0 Å². The maximum Gasteiger partial charge on any atom is 0.126 e. The third kappa shape index (κ3) is 2.32. The molecule has 82 valence electrons. The second-order valence-corrected chi connectivity index (χ2v) is 3.49. The van der Waals surface area contributed by atoms with Gasteiger partial charge in [-0.3, -0.25) is 0 Å². The van der Waals surface area contributed by atoms with Gasteiger partial charge in [-0.15, -0.1) is 0 Å². The first-order valence-electron chi connectivity index (χ1n) is 4.98. The third-order valence-corrected chi connectivity index (χ3v) is 2.35. The van der Waals surface area contributed by atoms with Crippen LogP contribution in [-0.2, 0) is 6.42 Å². The highest BCUT2D eigenvalue weighted by Gasteiger charge is 2.10. The van der Waals surface area contributed by atoms with Crippen LogP contribution in [0.5, 0.6) is 0 Å². The van der Waals surface area contributed by atoms with Gasteiger partial charge in [0.25, 0.3) is 0 Å². The largest absolute Gasteiger partial charge is 0.383 e. The molecule has 0 amide bonds. The van der Waals surface area contributed by atoms with Crippen molar-refractivity contribution in [2.24, 2.45) is 5.73 Å². The summed E-state index contributed by atoms with van der Waals surface area (Å²) in [6, 6.07) is 5.38. The van der Waals surface area contributed by atoms with E-state index in [0.717, 1.165) is 11.3 Å². The number of nitrogen functional groups attached to an aromatic ring is 1. The van der Waals surface area contributed by atoms with Gasteiger partial charge in [-0.05, 0) is 24.1 Å². The maximum atomic E-state index is 6.02. The van der Waals surface area contributed by atoms with Gasteiger partial charge < -0.3 is 11.5 Å². The molecule has 2 heterocycles. The maximum absolute atomic E-state index is 6.02. The highest BCUT2D eigenvalue weighted by molar-refractivity contribution is 5.39. The number of anilines is 1. The van der Waals surface area contributed by atoms with Crippen molar-refractivity contribution in [3.8, 4) is 0 Å². The minimum absolute atomic E-state index is 0.186. The second kappa shape index (κ2) is 4.67. The van der Waals surface area contributed by atoms with E-state index in [2.05, 4.69) is 15.0 Å². The fourth-order valence-corrected chi connectivity index (χ4v) is 1.49. The molecule has 0 aliphatic rings. The molecule has 5 heteroatoms. The lowest BCUT2D eigenvalue weighted by Gasteiger charge is -2.11. The molecule has 2 rings (SSSR count). The minimum Gasteiger partial charge on any atom is -0.383 e. The summed E-state index contributed by atoms with van der Waals surface area (Å²) < 4.78 is 0. The minimum atomic E-state index is -0.186. The van der Waals surface area contributed by atoms with Crippen molar-refractivity contribution in [2.75, 3.05) is 5.73 Å². The van der Waals surface area contributed by atoms with Crippen LogP contribution in [0.1, 0.15) is 17.3 Å². The van der Waals surface area contributed by atoms with E-state index < -0.39 is 0 Å². The average molecular weight is 215 g/mol. The van der Waals surface area contributed by atoms with Crippen LogP contribution in [0.4, 0.5) is 5.82 Å². The molecule has 0 saturated carbocycles. The molecule has 0 saturated heterocycles. The first-order valence-corrected chi connectivity index (χ1v) is 4.98. The van der Waals surface area contributed by atoms with Crippen molar-refractivity contribution in [3.63, 3.8) is 0 Å². The van der Waals surface area contributed by atoms with Gasteiger partial charge in [0.2, 0.25) is 0 Å². The fraction of sp³-hybridized carbons (Fsp3) is 0.182. The summed E-state index contributed by atoms with van der Waals surface area (Å²) in [4.78, 5) is 12.0. The Labute approximate surface area is 93.6 Å². The topological polar surface area (TPSA) is 90.7 Å². The van der Waals surface area contributed by atoms with Gasteiger partial charge in [0.15, 0.2) is 0 Å². The molecule has 1 atom stereocenters. The molecule has 0 bridgehead atoms. The van der Waals surface area contributed by atoms with Crippen molar-refractivity contribution in [1.29, 1.82) is 0 Å². The molecule has 0 spiro atoms. The second-order valence-electron chi connectivity index (χ2n) is 3.49. The number of pyridine rings is 1. The van der Waals surface area contributed by atoms with E-state index in [1.165, 1.54) is 6.33 Å². The van der Waals surface area contributed by atoms with Crippen LogP contribution in [0, 0.1) is 0 Å². The lowest BCUT2D eigenvalue weighted by Crippen LogP contribution is -2.16. The van der Waals surface area contributed by atoms with E-state index in [4.69, 9.17) is 11.5 Å². The number of nitrogens with zero attached hydrogens (tertiary/aromatic N) is 3. The molecule has 1 unspecified atom stereocenters. The summed E-state index contributed by atoms with van der Waals surface area (Å²) in [7, 11) is 0. The Kier molecular flexibility index (Phi) is 3.07. The summed E-state index contributed by atoms with van der Waals surface area (Å²) in [6.07, 6.45) is 5.45. The Balaban J connectivity index is 2.14. The fourth-order valence-electron chi connectivity index (χ4n) is 1.49. The zero-order chi connectivity index (χ0) is 11.4. The zero-order valence-electron chi connectivity index (χ0n) is 8.74. The van der Waals surface area contributed by atoms with E-state index in [1.54, 1.807) is 18.5 Å². The summed E-state index contributed by atoms with van der Waals surface area (Å²) in [6.45, 7) is 0. The molecule has 0 fully saturated rings. The average Bonchev–Trinajstić information content (AvgIpc) is 2.33. The molecule has 0 aliphatic heterocycles. The standard InChI is InChI=1S/C11H13N5/c12-9(10-3-5-14-7-16-10)6-8-2-1-4-15-11(8)13/h1-5,7,9H,6,12H2,(H2,13,15). The van der Waals surface area contributed by atoms with Gasteiger partial charge in [0.05, 0.1) is 11.7 Å². The SMILES string of the molecule is Nc1ncccc1CC(N)c1ccncn1. The number of nitrogens with two attached hydrogens (primary N) is 2. The van der Waals surface area contributed by atoms with Gasteiger partial charge in [0.1, 0.15) is 12.1 Å². The number of hydrogen-bond donors (Lipinski definition) is 2. The molecule has 16 heavy (non-hydrogen) atoms. The third-order valence-electron chi connectivity index (χ3n) is 2.35. The van der Waals surface area contributed by atoms with Crippen molar-refractivity contribution in [3.05, 3.63) is 48.2 Å². The van der Waals surface area contributed by atoms with Gasteiger partial charge in [-0.1, -0.05) is 6.07 Å². The summed E-state index contributed by atoms with van der Waals surface area (Å²) in [5.74, 6) is 0.520. The summed E-state index contributed by atoms with van der Waals surface area (Å²) >= 11 is 0. The van der Waals surface area contributed by atoms with Crippen LogP contribution in [0.3, 0.4) is 0 Å². The van der Waals surface area contributed by atoms with Crippen molar-refractivity contribution < 1.29 is 0 Å². The Morgan fingerprint density at radius 2 is 2.06 bits per heavy atom. The van der Waals surface area contributed by atoms with Crippen LogP contribution in [0.25, 0.3) is 0 Å². The Bertz CT molecular complexity index is 457. The normalized spacial score (nSPS) is 12.3. The Morgan fingerprint density at radius 1 is 1.19 bits per heavy atom. The molecule has 0 aromatic carbocycles. The molecule has 4 N–H and O–H groups in total. The Hall–Kier alpha value is -2.01. The summed E-state index contributed by atoms with van der Waals surface area (Å²) in [5, 5.41) is 0. The molecule has 0 aliphatic carbocycles. The number of aromatic nitrogens is 3. The smallest absolute Gasteiger partial charge is 0.126 e. The molecule has 2 aromatic heterocycles. The predicted octanol–water partition coefficient (Wildman–Crippen LogP) is 0.696. The lowest BCUT2D eigenvalue weighted by molar-refractivity contribution is 0.692. The van der Waals surface area contributed by atoms with E-state index >= 15 is 0 Å². The molecule has 0 radical (unpaired) electrons. The highest BCUT2D eigenvalue weighted by atomic mass is 14.9. The van der Waals surface area contributed by atoms with Gasteiger partial charge in [0, 0.05) is 12.4 Å². The van der Waals surface area contributed by atoms with Gasteiger partial charge in [-0.2, -0.15) is 0 Å². The molecule has 2 aromatic rings. The van der Waals surface area contributed by atoms with Crippen molar-refractivity contribution in [1.82, 2.24) is 15.0 Å². The first kappa shape index (κ1) is 10.5. The van der Waals surface area contributed by atoms with E-state index in [0.29, 0.717) is 12.2 Å². The summed E-state index contributed by atoms with van der Waals surface area (Å²) in [5.41, 5.74) is 13.5. The van der Waals surface area contributed by atoms with Gasteiger partial charge in [-0.25, -0.2) is 15.0 Å². The van der Waals surface area contributed by atoms with Crippen LogP contribution in [-0.4, -0.2) is 15.0 Å². The van der Waals surface area contributed by atoms with E-state index in [9.17, 15) is 0 Å². The van der Waals surface area contributed by atoms with E-state index in [-0.39, 0.29) is 6.04 Å². The van der Waals surface area contributed by atoms with E-state index in [1.807, 2.05) is 12.1 Å². The number of rotatable bonds is 3. The van der Waals surface area contributed by atoms with Gasteiger partial charge >= 0.3 is 0 Å².